The third-order valence-electron chi connectivity index (χ3n) is 3.49. The molecule has 2 rings (SSSR count). The fraction of sp³-hybridized carbons (Fsp3) is 0.533. The molecule has 19 heavy (non-hydrogen) atoms. The maximum atomic E-state index is 9.17. The monoisotopic (exact) mass is 261 g/mol. The largest absolute Gasteiger partial charge is 0.396 e. The summed E-state index contributed by atoms with van der Waals surface area (Å²) in [6, 6.07) is 6.28. The van der Waals surface area contributed by atoms with E-state index in [9.17, 15) is 5.11 Å². The first-order valence-corrected chi connectivity index (χ1v) is 6.77. The third kappa shape index (κ3) is 3.33. The van der Waals surface area contributed by atoms with Crippen molar-refractivity contribution in [2.24, 2.45) is 5.41 Å². The Balaban J connectivity index is 2.08. The van der Waals surface area contributed by atoms with E-state index >= 15 is 0 Å². The number of imidazole rings is 1. The van der Waals surface area contributed by atoms with Gasteiger partial charge in [-0.15, -0.1) is 0 Å². The van der Waals surface area contributed by atoms with Crippen LogP contribution >= 0.6 is 0 Å². The highest BCUT2D eigenvalue weighted by Gasteiger charge is 2.23. The van der Waals surface area contributed by atoms with E-state index in [2.05, 4.69) is 35.5 Å². The van der Waals surface area contributed by atoms with E-state index in [0.29, 0.717) is 0 Å². The molecule has 0 aliphatic rings. The summed E-state index contributed by atoms with van der Waals surface area (Å²) in [7, 11) is 0. The van der Waals surface area contributed by atoms with Gasteiger partial charge in [-0.2, -0.15) is 0 Å². The summed E-state index contributed by atoms with van der Waals surface area (Å²) >= 11 is 0. The van der Waals surface area contributed by atoms with Crippen molar-refractivity contribution in [3.63, 3.8) is 0 Å². The minimum atomic E-state index is 0.128. The van der Waals surface area contributed by atoms with Crippen molar-refractivity contribution >= 4 is 5.65 Å². The van der Waals surface area contributed by atoms with Gasteiger partial charge in [-0.05, 0) is 24.0 Å². The van der Waals surface area contributed by atoms with E-state index in [1.54, 1.807) is 0 Å². The van der Waals surface area contributed by atoms with Gasteiger partial charge >= 0.3 is 0 Å². The van der Waals surface area contributed by atoms with Gasteiger partial charge in [0.15, 0.2) is 0 Å². The molecule has 2 heterocycles. The second-order valence-electron chi connectivity index (χ2n) is 5.99. The summed E-state index contributed by atoms with van der Waals surface area (Å²) in [5.41, 5.74) is 2.24. The number of aromatic nitrogens is 2. The van der Waals surface area contributed by atoms with Crippen LogP contribution in [0.25, 0.3) is 5.65 Å². The van der Waals surface area contributed by atoms with E-state index < -0.39 is 0 Å². The number of pyridine rings is 1. The molecule has 0 saturated heterocycles. The van der Waals surface area contributed by atoms with E-state index in [-0.39, 0.29) is 18.1 Å². The van der Waals surface area contributed by atoms with Gasteiger partial charge < -0.3 is 14.8 Å². The molecule has 0 bridgehead atoms. The maximum absolute atomic E-state index is 9.17. The second kappa shape index (κ2) is 5.72. The molecular formula is C15H23N3O. The number of nitrogens with one attached hydrogen (secondary N) is 1. The SMILES string of the molecule is CC(C)(C)[C@H](CCO)NCc1cnc2ccccn12. The van der Waals surface area contributed by atoms with Gasteiger partial charge in [0.2, 0.25) is 0 Å². The molecule has 0 spiro atoms. The van der Waals surface area contributed by atoms with Gasteiger partial charge in [0.05, 0.1) is 11.9 Å². The summed E-state index contributed by atoms with van der Waals surface area (Å²) < 4.78 is 2.09. The first-order valence-electron chi connectivity index (χ1n) is 6.77. The lowest BCUT2D eigenvalue weighted by Crippen LogP contribution is -2.40. The molecule has 2 aromatic rings. The van der Waals surface area contributed by atoms with Gasteiger partial charge in [0.25, 0.3) is 0 Å². The van der Waals surface area contributed by atoms with E-state index in [4.69, 9.17) is 0 Å². The fourth-order valence-corrected chi connectivity index (χ4v) is 2.31. The van der Waals surface area contributed by atoms with Crippen molar-refractivity contribution in [2.75, 3.05) is 6.61 Å². The minimum Gasteiger partial charge on any atom is -0.396 e. The van der Waals surface area contributed by atoms with Gasteiger partial charge in [-0.25, -0.2) is 4.98 Å². The van der Waals surface area contributed by atoms with E-state index in [1.165, 1.54) is 0 Å². The van der Waals surface area contributed by atoms with Crippen molar-refractivity contribution in [3.05, 3.63) is 36.3 Å². The highest BCUT2D eigenvalue weighted by atomic mass is 16.3. The Labute approximate surface area is 114 Å². The Morgan fingerprint density at radius 1 is 1.37 bits per heavy atom. The predicted molar refractivity (Wildman–Crippen MR) is 77.0 cm³/mol. The molecule has 2 aromatic heterocycles. The van der Waals surface area contributed by atoms with Crippen LogP contribution in [0.5, 0.6) is 0 Å². The highest BCUT2D eigenvalue weighted by Crippen LogP contribution is 2.22. The van der Waals surface area contributed by atoms with Crippen LogP contribution in [-0.2, 0) is 6.54 Å². The molecule has 0 amide bonds. The van der Waals surface area contributed by atoms with Crippen LogP contribution in [0.4, 0.5) is 0 Å². The summed E-state index contributed by atoms with van der Waals surface area (Å²) in [4.78, 5) is 4.38. The summed E-state index contributed by atoms with van der Waals surface area (Å²) in [6.45, 7) is 7.54. The normalized spacial score (nSPS) is 13.9. The maximum Gasteiger partial charge on any atom is 0.136 e. The summed E-state index contributed by atoms with van der Waals surface area (Å²) in [6.07, 6.45) is 4.69. The Bertz CT molecular complexity index is 527. The molecule has 4 nitrogen and oxygen atoms in total. The predicted octanol–water partition coefficient (Wildman–Crippen LogP) is 2.22. The zero-order chi connectivity index (χ0) is 13.9. The Kier molecular flexibility index (Phi) is 4.22. The van der Waals surface area contributed by atoms with Crippen LogP contribution in [-0.4, -0.2) is 27.1 Å². The number of aliphatic hydroxyl groups is 1. The molecule has 0 aliphatic carbocycles. The lowest BCUT2D eigenvalue weighted by Gasteiger charge is -2.31. The third-order valence-corrected chi connectivity index (χ3v) is 3.49. The Morgan fingerprint density at radius 3 is 2.84 bits per heavy atom. The molecule has 0 unspecified atom stereocenters. The number of hydrogen-bond acceptors (Lipinski definition) is 3. The van der Waals surface area contributed by atoms with Crippen molar-refractivity contribution in [1.82, 2.24) is 14.7 Å². The number of aliphatic hydroxyl groups excluding tert-OH is 1. The molecule has 0 aliphatic heterocycles. The molecule has 0 saturated carbocycles. The molecule has 2 N–H and O–H groups in total. The van der Waals surface area contributed by atoms with E-state index in [0.717, 1.165) is 24.3 Å². The molecule has 4 heteroatoms. The smallest absolute Gasteiger partial charge is 0.136 e. The lowest BCUT2D eigenvalue weighted by molar-refractivity contribution is 0.196. The molecular weight excluding hydrogens is 238 g/mol. The van der Waals surface area contributed by atoms with E-state index in [1.807, 2.05) is 30.6 Å². The quantitative estimate of drug-likeness (QED) is 0.867. The van der Waals surface area contributed by atoms with Gasteiger partial charge in [-0.1, -0.05) is 26.8 Å². The Hall–Kier alpha value is -1.39. The summed E-state index contributed by atoms with van der Waals surface area (Å²) in [5.74, 6) is 0. The fourth-order valence-electron chi connectivity index (χ4n) is 2.31. The number of hydrogen-bond donors (Lipinski definition) is 2. The Morgan fingerprint density at radius 2 is 2.16 bits per heavy atom. The van der Waals surface area contributed by atoms with Gasteiger partial charge in [-0.3, -0.25) is 0 Å². The van der Waals surface area contributed by atoms with Crippen molar-refractivity contribution in [1.29, 1.82) is 0 Å². The zero-order valence-corrected chi connectivity index (χ0v) is 11.9. The first-order chi connectivity index (χ1) is 9.02. The van der Waals surface area contributed by atoms with Crippen LogP contribution in [0.15, 0.2) is 30.6 Å². The van der Waals surface area contributed by atoms with Crippen LogP contribution in [0.3, 0.4) is 0 Å². The average Bonchev–Trinajstić information content (AvgIpc) is 2.76. The number of nitrogens with zero attached hydrogens (tertiary/aromatic N) is 2. The van der Waals surface area contributed by atoms with Gasteiger partial charge in [0.1, 0.15) is 5.65 Å². The first kappa shape index (κ1) is 14.0. The zero-order valence-electron chi connectivity index (χ0n) is 11.9. The summed E-state index contributed by atoms with van der Waals surface area (Å²) in [5, 5.41) is 12.7. The topological polar surface area (TPSA) is 49.6 Å². The molecule has 0 radical (unpaired) electrons. The number of rotatable bonds is 5. The molecule has 0 aromatic carbocycles. The van der Waals surface area contributed by atoms with Crippen LogP contribution in [0.1, 0.15) is 32.9 Å². The van der Waals surface area contributed by atoms with Crippen molar-refractivity contribution in [2.45, 2.75) is 39.8 Å². The van der Waals surface area contributed by atoms with Crippen LogP contribution < -0.4 is 5.32 Å². The van der Waals surface area contributed by atoms with Crippen molar-refractivity contribution in [3.8, 4) is 0 Å². The number of fused-ring (bicyclic) bond motifs is 1. The second-order valence-corrected chi connectivity index (χ2v) is 5.99. The standard InChI is InChI=1S/C15H23N3O/c1-15(2,3)13(7-9-19)16-10-12-11-17-14-6-4-5-8-18(12)14/h4-6,8,11,13,16,19H,7,9-10H2,1-3H3/t13-/m0/s1. The van der Waals surface area contributed by atoms with Crippen LogP contribution in [0.2, 0.25) is 0 Å². The minimum absolute atomic E-state index is 0.128. The lowest BCUT2D eigenvalue weighted by atomic mass is 9.85. The molecule has 0 fully saturated rings. The van der Waals surface area contributed by atoms with Gasteiger partial charge in [0, 0.05) is 25.4 Å². The average molecular weight is 261 g/mol. The molecule has 104 valence electrons. The highest BCUT2D eigenvalue weighted by molar-refractivity contribution is 5.39. The van der Waals surface area contributed by atoms with Crippen LogP contribution in [0, 0.1) is 5.41 Å². The van der Waals surface area contributed by atoms with Crippen molar-refractivity contribution < 1.29 is 5.11 Å². The molecule has 1 atom stereocenters.